The fourth-order valence-corrected chi connectivity index (χ4v) is 2.57. The van der Waals surface area contributed by atoms with Crippen molar-refractivity contribution >= 4 is 17.3 Å². The molecule has 0 unspecified atom stereocenters. The first-order valence-electron chi connectivity index (χ1n) is 6.01. The van der Waals surface area contributed by atoms with Gasteiger partial charge in [-0.15, -0.1) is 11.3 Å². The van der Waals surface area contributed by atoms with Gasteiger partial charge in [0.15, 0.2) is 0 Å². The third kappa shape index (κ3) is 3.51. The van der Waals surface area contributed by atoms with Crippen LogP contribution in [-0.2, 0) is 13.0 Å². The summed E-state index contributed by atoms with van der Waals surface area (Å²) < 4.78 is 0. The molecular formula is C12H18N2O2S. The Morgan fingerprint density at radius 3 is 2.82 bits per heavy atom. The molecule has 0 aliphatic heterocycles. The van der Waals surface area contributed by atoms with E-state index in [1.807, 2.05) is 0 Å². The summed E-state index contributed by atoms with van der Waals surface area (Å²) in [5.41, 5.74) is 0.741. The van der Waals surface area contributed by atoms with Crippen LogP contribution < -0.4 is 5.32 Å². The first-order chi connectivity index (χ1) is 8.06. The number of hydrogen-bond donors (Lipinski definition) is 2. The molecule has 94 valence electrons. The van der Waals surface area contributed by atoms with Gasteiger partial charge in [-0.1, -0.05) is 13.8 Å². The zero-order chi connectivity index (χ0) is 12.4. The Morgan fingerprint density at radius 1 is 1.59 bits per heavy atom. The predicted octanol–water partition coefficient (Wildman–Crippen LogP) is 2.29. The second-order valence-corrected chi connectivity index (χ2v) is 6.03. The molecule has 1 saturated carbocycles. The highest BCUT2D eigenvalue weighted by Crippen LogP contribution is 2.23. The Labute approximate surface area is 105 Å². The lowest BCUT2D eigenvalue weighted by molar-refractivity contribution is 0.0700. The van der Waals surface area contributed by atoms with E-state index in [4.69, 9.17) is 5.11 Å². The van der Waals surface area contributed by atoms with Gasteiger partial charge in [0.05, 0.1) is 5.69 Å². The molecule has 1 aliphatic carbocycles. The van der Waals surface area contributed by atoms with Crippen LogP contribution in [0.3, 0.4) is 0 Å². The van der Waals surface area contributed by atoms with Crippen molar-refractivity contribution in [2.45, 2.75) is 45.7 Å². The van der Waals surface area contributed by atoms with Crippen molar-refractivity contribution in [3.63, 3.8) is 0 Å². The van der Waals surface area contributed by atoms with Crippen LogP contribution >= 0.6 is 11.3 Å². The van der Waals surface area contributed by atoms with Gasteiger partial charge in [-0.25, -0.2) is 9.78 Å². The molecule has 1 fully saturated rings. The minimum atomic E-state index is -0.851. The average molecular weight is 254 g/mol. The lowest BCUT2D eigenvalue weighted by atomic mass is 10.1. The first kappa shape index (κ1) is 12.5. The van der Waals surface area contributed by atoms with Crippen LogP contribution in [0.1, 0.15) is 47.1 Å². The summed E-state index contributed by atoms with van der Waals surface area (Å²) in [4.78, 5) is 16.0. The third-order valence-corrected chi connectivity index (χ3v) is 3.74. The van der Waals surface area contributed by atoms with E-state index < -0.39 is 5.97 Å². The van der Waals surface area contributed by atoms with E-state index in [-0.39, 0.29) is 0 Å². The number of rotatable bonds is 6. The number of nitrogens with zero attached hydrogens (tertiary/aromatic N) is 1. The molecule has 2 rings (SSSR count). The number of carboxylic acid groups (broad SMARTS) is 1. The Hall–Kier alpha value is -0.940. The quantitative estimate of drug-likeness (QED) is 0.817. The average Bonchev–Trinajstić information content (AvgIpc) is 2.97. The molecule has 0 bridgehead atoms. The maximum absolute atomic E-state index is 11.1. The lowest BCUT2D eigenvalue weighted by Crippen LogP contribution is -2.15. The molecule has 4 nitrogen and oxygen atoms in total. The van der Waals surface area contributed by atoms with Crippen molar-refractivity contribution in [1.29, 1.82) is 0 Å². The summed E-state index contributed by atoms with van der Waals surface area (Å²) in [6, 6.07) is 0.626. The van der Waals surface area contributed by atoms with Gasteiger partial charge in [0.1, 0.15) is 9.88 Å². The van der Waals surface area contributed by atoms with Crippen LogP contribution in [0.15, 0.2) is 0 Å². The van der Waals surface area contributed by atoms with E-state index >= 15 is 0 Å². The van der Waals surface area contributed by atoms with Gasteiger partial charge in [0, 0.05) is 12.6 Å². The maximum atomic E-state index is 11.1. The second kappa shape index (κ2) is 5.14. The molecule has 1 heterocycles. The molecule has 2 N–H and O–H groups in total. The van der Waals surface area contributed by atoms with Crippen molar-refractivity contribution in [2.24, 2.45) is 5.92 Å². The summed E-state index contributed by atoms with van der Waals surface area (Å²) in [5.74, 6) is -0.421. The predicted molar refractivity (Wildman–Crippen MR) is 67.5 cm³/mol. The van der Waals surface area contributed by atoms with E-state index in [0.29, 0.717) is 23.4 Å². The monoisotopic (exact) mass is 254 g/mol. The number of carboxylic acids is 1. The number of carbonyl (C=O) groups is 1. The van der Waals surface area contributed by atoms with Crippen LogP contribution in [0.5, 0.6) is 0 Å². The zero-order valence-electron chi connectivity index (χ0n) is 10.2. The van der Waals surface area contributed by atoms with Crippen molar-refractivity contribution < 1.29 is 9.90 Å². The van der Waals surface area contributed by atoms with Crippen LogP contribution in [0, 0.1) is 5.92 Å². The van der Waals surface area contributed by atoms with Gasteiger partial charge < -0.3 is 10.4 Å². The Bertz CT molecular complexity index is 411. The summed E-state index contributed by atoms with van der Waals surface area (Å²) in [6.07, 6.45) is 3.20. The second-order valence-electron chi connectivity index (χ2n) is 4.94. The number of thiazole rings is 1. The molecule has 1 aromatic heterocycles. The number of nitrogens with one attached hydrogen (secondary N) is 1. The SMILES string of the molecule is CC(C)Cc1nc(CNC2CC2)sc1C(=O)O. The molecular weight excluding hydrogens is 236 g/mol. The van der Waals surface area contributed by atoms with Crippen molar-refractivity contribution in [1.82, 2.24) is 10.3 Å². The van der Waals surface area contributed by atoms with E-state index in [2.05, 4.69) is 24.1 Å². The van der Waals surface area contributed by atoms with E-state index in [1.165, 1.54) is 24.2 Å². The van der Waals surface area contributed by atoms with Crippen molar-refractivity contribution in [2.75, 3.05) is 0 Å². The van der Waals surface area contributed by atoms with Crippen LogP contribution in [0.2, 0.25) is 0 Å². The fraction of sp³-hybridized carbons (Fsp3) is 0.667. The molecule has 1 aromatic rings. The van der Waals surface area contributed by atoms with E-state index in [0.717, 1.165) is 17.1 Å². The molecule has 1 aliphatic rings. The molecule has 0 atom stereocenters. The number of aromatic nitrogens is 1. The summed E-state index contributed by atoms with van der Waals surface area (Å²) in [7, 11) is 0. The minimum absolute atomic E-state index is 0.409. The highest BCUT2D eigenvalue weighted by molar-refractivity contribution is 7.13. The Morgan fingerprint density at radius 2 is 2.29 bits per heavy atom. The van der Waals surface area contributed by atoms with Crippen LogP contribution in [0.25, 0.3) is 0 Å². The van der Waals surface area contributed by atoms with Gasteiger partial charge in [-0.2, -0.15) is 0 Å². The standard InChI is InChI=1S/C12H18N2O2S/c1-7(2)5-9-11(12(15)16)17-10(14-9)6-13-8-3-4-8/h7-8,13H,3-6H2,1-2H3,(H,15,16). The highest BCUT2D eigenvalue weighted by Gasteiger charge is 2.22. The Kier molecular flexibility index (Phi) is 3.79. The normalized spacial score (nSPS) is 15.5. The van der Waals surface area contributed by atoms with Gasteiger partial charge in [0.25, 0.3) is 0 Å². The van der Waals surface area contributed by atoms with Crippen LogP contribution in [0.4, 0.5) is 0 Å². The summed E-state index contributed by atoms with van der Waals surface area (Å²) >= 11 is 1.31. The maximum Gasteiger partial charge on any atom is 0.347 e. The molecule has 0 spiro atoms. The fourth-order valence-electron chi connectivity index (χ4n) is 1.69. The lowest BCUT2D eigenvalue weighted by Gasteiger charge is -2.01. The molecule has 5 heteroatoms. The zero-order valence-corrected chi connectivity index (χ0v) is 11.0. The Balaban J connectivity index is 2.08. The minimum Gasteiger partial charge on any atom is -0.477 e. The number of hydrogen-bond acceptors (Lipinski definition) is 4. The smallest absolute Gasteiger partial charge is 0.347 e. The van der Waals surface area contributed by atoms with Crippen LogP contribution in [-0.4, -0.2) is 22.1 Å². The molecule has 17 heavy (non-hydrogen) atoms. The van der Waals surface area contributed by atoms with Gasteiger partial charge >= 0.3 is 5.97 Å². The van der Waals surface area contributed by atoms with E-state index in [1.54, 1.807) is 0 Å². The van der Waals surface area contributed by atoms with Gasteiger partial charge in [0.2, 0.25) is 0 Å². The van der Waals surface area contributed by atoms with Gasteiger partial charge in [-0.3, -0.25) is 0 Å². The number of aromatic carboxylic acids is 1. The third-order valence-electron chi connectivity index (χ3n) is 2.66. The van der Waals surface area contributed by atoms with Crippen molar-refractivity contribution in [3.05, 3.63) is 15.6 Å². The van der Waals surface area contributed by atoms with Gasteiger partial charge in [-0.05, 0) is 25.2 Å². The molecule has 0 saturated heterocycles. The van der Waals surface area contributed by atoms with E-state index in [9.17, 15) is 4.79 Å². The summed E-state index contributed by atoms with van der Waals surface area (Å²) in [5, 5.41) is 13.4. The largest absolute Gasteiger partial charge is 0.477 e. The topological polar surface area (TPSA) is 62.2 Å². The molecule has 0 amide bonds. The summed E-state index contributed by atoms with van der Waals surface area (Å²) in [6.45, 7) is 4.86. The first-order valence-corrected chi connectivity index (χ1v) is 6.83. The highest BCUT2D eigenvalue weighted by atomic mass is 32.1. The molecule has 0 radical (unpaired) electrons. The molecule has 0 aromatic carbocycles. The van der Waals surface area contributed by atoms with Crippen molar-refractivity contribution in [3.8, 4) is 0 Å².